The molecular weight excluding hydrogens is 406 g/mol. The van der Waals surface area contributed by atoms with Crippen molar-refractivity contribution in [2.75, 3.05) is 20.3 Å². The number of carbonyl (C=O) groups is 1. The molecule has 168 valence electrons. The van der Waals surface area contributed by atoms with Crippen LogP contribution in [0.15, 0.2) is 48.8 Å². The fraction of sp³-hybridized carbons (Fsp3) is 0.360. The zero-order valence-electron chi connectivity index (χ0n) is 18.7. The predicted octanol–water partition coefficient (Wildman–Crippen LogP) is 2.97. The van der Waals surface area contributed by atoms with Crippen molar-refractivity contribution in [1.82, 2.24) is 15.1 Å². The summed E-state index contributed by atoms with van der Waals surface area (Å²) in [6.45, 7) is 4.82. The number of amides is 1. The summed E-state index contributed by atoms with van der Waals surface area (Å²) < 4.78 is 12.8. The van der Waals surface area contributed by atoms with E-state index in [4.69, 9.17) is 9.47 Å². The molecule has 0 bridgehead atoms. The minimum Gasteiger partial charge on any atom is -0.496 e. The van der Waals surface area contributed by atoms with Crippen LogP contribution in [0.3, 0.4) is 0 Å². The van der Waals surface area contributed by atoms with Crippen LogP contribution in [0, 0.1) is 13.8 Å². The second-order valence-corrected chi connectivity index (χ2v) is 8.17. The van der Waals surface area contributed by atoms with E-state index >= 15 is 0 Å². The van der Waals surface area contributed by atoms with Gasteiger partial charge in [-0.15, -0.1) is 0 Å². The molecule has 0 aliphatic carbocycles. The Morgan fingerprint density at radius 1 is 1.28 bits per heavy atom. The second-order valence-electron chi connectivity index (χ2n) is 8.17. The lowest BCUT2D eigenvalue weighted by Crippen LogP contribution is -2.49. The molecule has 3 aromatic rings. The Morgan fingerprint density at radius 2 is 2.06 bits per heavy atom. The van der Waals surface area contributed by atoms with E-state index in [0.717, 1.165) is 27.9 Å². The van der Waals surface area contributed by atoms with Crippen molar-refractivity contribution in [3.8, 4) is 11.4 Å². The summed E-state index contributed by atoms with van der Waals surface area (Å²) in [6.07, 6.45) is 4.24. The normalized spacial score (nSPS) is 18.4. The van der Waals surface area contributed by atoms with E-state index in [-0.39, 0.29) is 5.91 Å². The predicted molar refractivity (Wildman–Crippen MR) is 122 cm³/mol. The van der Waals surface area contributed by atoms with Crippen LogP contribution >= 0.6 is 0 Å². The highest BCUT2D eigenvalue weighted by Gasteiger charge is 2.27. The van der Waals surface area contributed by atoms with Gasteiger partial charge in [-0.05, 0) is 73.2 Å². The van der Waals surface area contributed by atoms with Crippen LogP contribution in [0.5, 0.6) is 5.75 Å². The first-order valence-corrected chi connectivity index (χ1v) is 10.8. The lowest BCUT2D eigenvalue weighted by atomic mass is 9.93. The third-order valence-corrected chi connectivity index (χ3v) is 6.13. The minimum atomic E-state index is -0.613. The summed E-state index contributed by atoms with van der Waals surface area (Å²) >= 11 is 0. The summed E-state index contributed by atoms with van der Waals surface area (Å²) in [4.78, 5) is 13.1. The zero-order valence-corrected chi connectivity index (χ0v) is 18.7. The van der Waals surface area contributed by atoms with Crippen molar-refractivity contribution in [3.63, 3.8) is 0 Å². The number of carbonyl (C=O) groups excluding carboxylic acids is 1. The molecule has 2 heterocycles. The van der Waals surface area contributed by atoms with Crippen molar-refractivity contribution in [2.24, 2.45) is 0 Å². The van der Waals surface area contributed by atoms with E-state index in [1.807, 2.05) is 49.0 Å². The molecule has 2 aromatic carbocycles. The van der Waals surface area contributed by atoms with Crippen molar-refractivity contribution >= 4 is 5.91 Å². The molecule has 1 aliphatic rings. The molecule has 2 atom stereocenters. The fourth-order valence-corrected chi connectivity index (χ4v) is 4.10. The number of benzene rings is 2. The van der Waals surface area contributed by atoms with Gasteiger partial charge in [-0.2, -0.15) is 5.10 Å². The second kappa shape index (κ2) is 9.54. The van der Waals surface area contributed by atoms with Gasteiger partial charge in [-0.25, -0.2) is 4.68 Å². The number of ether oxygens (including phenoxy) is 2. The molecule has 7 nitrogen and oxygen atoms in total. The van der Waals surface area contributed by atoms with Gasteiger partial charge in [-0.3, -0.25) is 4.79 Å². The van der Waals surface area contributed by atoms with Gasteiger partial charge in [-0.1, -0.05) is 12.1 Å². The van der Waals surface area contributed by atoms with Crippen LogP contribution in [-0.2, 0) is 11.2 Å². The molecule has 0 radical (unpaired) electrons. The van der Waals surface area contributed by atoms with Crippen LogP contribution < -0.4 is 10.1 Å². The highest BCUT2D eigenvalue weighted by molar-refractivity contribution is 5.98. The molecule has 0 saturated carbocycles. The van der Waals surface area contributed by atoms with Gasteiger partial charge in [0.15, 0.2) is 0 Å². The number of nitrogens with zero attached hydrogens (tertiary/aromatic N) is 2. The molecule has 2 N–H and O–H groups in total. The quantitative estimate of drug-likeness (QED) is 0.622. The molecule has 1 saturated heterocycles. The SMILES string of the molecule is COc1c(C(=O)N[C@H]2COCC[C@@H]2O)cc(Cc2ccc(-n3cccn3)cc2)c(C)c1C. The zero-order chi connectivity index (χ0) is 22.7. The van der Waals surface area contributed by atoms with Crippen LogP contribution in [0.1, 0.15) is 39.0 Å². The van der Waals surface area contributed by atoms with E-state index < -0.39 is 12.1 Å². The van der Waals surface area contributed by atoms with E-state index in [0.29, 0.717) is 37.4 Å². The lowest BCUT2D eigenvalue weighted by Gasteiger charge is -2.29. The standard InChI is InChI=1S/C25H29N3O4/c1-16-17(2)24(31-3)21(25(30)27-22-15-32-12-9-23(22)29)14-19(16)13-18-5-7-20(8-6-18)28-11-4-10-26-28/h4-8,10-11,14,22-23,29H,9,12-13,15H2,1-3H3,(H,27,30)/t22-,23-/m0/s1. The third kappa shape index (κ3) is 4.54. The van der Waals surface area contributed by atoms with Gasteiger partial charge in [0, 0.05) is 19.0 Å². The molecule has 1 aliphatic heterocycles. The lowest BCUT2D eigenvalue weighted by molar-refractivity contribution is -0.0140. The molecule has 32 heavy (non-hydrogen) atoms. The molecule has 1 amide bonds. The Morgan fingerprint density at radius 3 is 2.72 bits per heavy atom. The number of aromatic nitrogens is 2. The first kappa shape index (κ1) is 22.0. The topological polar surface area (TPSA) is 85.6 Å². The molecule has 4 rings (SSSR count). The summed E-state index contributed by atoms with van der Waals surface area (Å²) in [5.41, 5.74) is 5.68. The van der Waals surface area contributed by atoms with Crippen molar-refractivity contribution in [1.29, 1.82) is 0 Å². The maximum absolute atomic E-state index is 13.1. The van der Waals surface area contributed by atoms with Gasteiger partial charge in [0.1, 0.15) is 5.75 Å². The van der Waals surface area contributed by atoms with Gasteiger partial charge in [0.05, 0.1) is 37.1 Å². The maximum Gasteiger partial charge on any atom is 0.255 e. The maximum atomic E-state index is 13.1. The molecule has 1 fully saturated rings. The summed E-state index contributed by atoms with van der Waals surface area (Å²) in [7, 11) is 1.57. The van der Waals surface area contributed by atoms with Crippen molar-refractivity contribution in [2.45, 2.75) is 38.8 Å². The molecule has 0 unspecified atom stereocenters. The third-order valence-electron chi connectivity index (χ3n) is 6.13. The van der Waals surface area contributed by atoms with Crippen LogP contribution in [-0.4, -0.2) is 53.3 Å². The Balaban J connectivity index is 1.60. The fourth-order valence-electron chi connectivity index (χ4n) is 4.10. The van der Waals surface area contributed by atoms with E-state index in [2.05, 4.69) is 22.5 Å². The number of nitrogens with one attached hydrogen (secondary N) is 1. The number of rotatable bonds is 6. The molecular formula is C25H29N3O4. The molecule has 1 aromatic heterocycles. The number of hydrogen-bond donors (Lipinski definition) is 2. The van der Waals surface area contributed by atoms with Gasteiger partial charge >= 0.3 is 0 Å². The number of methoxy groups -OCH3 is 1. The van der Waals surface area contributed by atoms with Gasteiger partial charge in [0.25, 0.3) is 5.91 Å². The average Bonchev–Trinajstić information content (AvgIpc) is 3.34. The Labute approximate surface area is 188 Å². The summed E-state index contributed by atoms with van der Waals surface area (Å²) in [5, 5.41) is 17.4. The highest BCUT2D eigenvalue weighted by Crippen LogP contribution is 2.31. The Bertz CT molecular complexity index is 1080. The van der Waals surface area contributed by atoms with Crippen LogP contribution in [0.25, 0.3) is 5.69 Å². The number of aliphatic hydroxyl groups excluding tert-OH is 1. The van der Waals surface area contributed by atoms with E-state index in [1.165, 1.54) is 0 Å². The Kier molecular flexibility index (Phi) is 6.58. The van der Waals surface area contributed by atoms with Crippen LogP contribution in [0.4, 0.5) is 0 Å². The summed E-state index contributed by atoms with van der Waals surface area (Å²) in [6, 6.07) is 11.6. The van der Waals surface area contributed by atoms with Crippen molar-refractivity contribution in [3.05, 3.63) is 76.6 Å². The monoisotopic (exact) mass is 435 g/mol. The minimum absolute atomic E-state index is 0.269. The smallest absolute Gasteiger partial charge is 0.255 e. The van der Waals surface area contributed by atoms with E-state index in [1.54, 1.807) is 13.3 Å². The molecule has 7 heteroatoms. The highest BCUT2D eigenvalue weighted by atomic mass is 16.5. The summed E-state index contributed by atoms with van der Waals surface area (Å²) in [5.74, 6) is 0.291. The van der Waals surface area contributed by atoms with Crippen molar-refractivity contribution < 1.29 is 19.4 Å². The average molecular weight is 436 g/mol. The van der Waals surface area contributed by atoms with Crippen LogP contribution in [0.2, 0.25) is 0 Å². The largest absolute Gasteiger partial charge is 0.496 e. The number of aliphatic hydroxyl groups is 1. The first-order chi connectivity index (χ1) is 15.5. The molecule has 0 spiro atoms. The first-order valence-electron chi connectivity index (χ1n) is 10.8. The van der Waals surface area contributed by atoms with Gasteiger partial charge in [0.2, 0.25) is 0 Å². The number of hydrogen-bond acceptors (Lipinski definition) is 5. The Hall–Kier alpha value is -3.16. The van der Waals surface area contributed by atoms with E-state index in [9.17, 15) is 9.90 Å². The van der Waals surface area contributed by atoms with Gasteiger partial charge < -0.3 is 19.9 Å².